The van der Waals surface area contributed by atoms with Crippen LogP contribution >= 0.6 is 0 Å². The maximum atomic E-state index is 5.64. The van der Waals surface area contributed by atoms with Gasteiger partial charge in [-0.1, -0.05) is 12.2 Å². The van der Waals surface area contributed by atoms with Crippen molar-refractivity contribution in [2.24, 2.45) is 10.9 Å². The van der Waals surface area contributed by atoms with E-state index < -0.39 is 0 Å². The van der Waals surface area contributed by atoms with Crippen molar-refractivity contribution in [2.75, 3.05) is 6.61 Å². The van der Waals surface area contributed by atoms with Crippen molar-refractivity contribution in [1.29, 1.82) is 0 Å². The van der Waals surface area contributed by atoms with Gasteiger partial charge in [-0.3, -0.25) is 4.99 Å². The topological polar surface area (TPSA) is 21.6 Å². The lowest BCUT2D eigenvalue weighted by Gasteiger charge is -2.33. The summed E-state index contributed by atoms with van der Waals surface area (Å²) in [6.07, 6.45) is 6.28. The van der Waals surface area contributed by atoms with Crippen molar-refractivity contribution in [3.05, 3.63) is 23.5 Å². The molecule has 0 saturated carbocycles. The van der Waals surface area contributed by atoms with Gasteiger partial charge in [-0.25, -0.2) is 0 Å². The van der Waals surface area contributed by atoms with E-state index in [9.17, 15) is 0 Å². The Balaban J connectivity index is 1.91. The summed E-state index contributed by atoms with van der Waals surface area (Å²) in [6, 6.07) is 0.469. The molecule has 0 aromatic heterocycles. The summed E-state index contributed by atoms with van der Waals surface area (Å²) in [5, 5.41) is 0. The molecule has 2 atom stereocenters. The first-order valence-corrected chi connectivity index (χ1v) is 5.37. The molecule has 74 valence electrons. The zero-order valence-electron chi connectivity index (χ0n) is 8.33. The molecule has 2 heterocycles. The van der Waals surface area contributed by atoms with Gasteiger partial charge >= 0.3 is 0 Å². The molecule has 2 heteroatoms. The van der Waals surface area contributed by atoms with Gasteiger partial charge in [0.1, 0.15) is 0 Å². The molecule has 0 aromatic rings. The molecule has 0 N–H and O–H groups in total. The third kappa shape index (κ3) is 1.13. The molecular weight excluding hydrogens is 174 g/mol. The Kier molecular flexibility index (Phi) is 1.76. The minimum atomic E-state index is 0.469. The van der Waals surface area contributed by atoms with Crippen LogP contribution in [0.25, 0.3) is 0 Å². The van der Waals surface area contributed by atoms with Crippen molar-refractivity contribution in [3.63, 3.8) is 0 Å². The van der Waals surface area contributed by atoms with Gasteiger partial charge in [0.05, 0.1) is 18.4 Å². The smallest absolute Gasteiger partial charge is 0.0960 e. The number of nitrogens with zero attached hydrogens (tertiary/aromatic N) is 1. The number of hydrogen-bond acceptors (Lipinski definition) is 2. The summed E-state index contributed by atoms with van der Waals surface area (Å²) in [6.45, 7) is 5.03. The summed E-state index contributed by atoms with van der Waals surface area (Å²) in [5.41, 5.74) is 2.85. The molecule has 3 rings (SSSR count). The van der Waals surface area contributed by atoms with Gasteiger partial charge in [-0.15, -0.1) is 0 Å². The zero-order valence-corrected chi connectivity index (χ0v) is 8.33. The Bertz CT molecular complexity index is 340. The Hall–Kier alpha value is -1.05. The highest BCUT2D eigenvalue weighted by atomic mass is 16.5. The van der Waals surface area contributed by atoms with Crippen LogP contribution in [0.1, 0.15) is 25.7 Å². The lowest BCUT2D eigenvalue weighted by atomic mass is 9.77. The molecule has 1 aliphatic carbocycles. The Morgan fingerprint density at radius 1 is 1.43 bits per heavy atom. The predicted molar refractivity (Wildman–Crippen MR) is 56.4 cm³/mol. The third-order valence-corrected chi connectivity index (χ3v) is 3.57. The minimum Gasteiger partial charge on any atom is -0.498 e. The predicted octanol–water partition coefficient (Wildman–Crippen LogP) is 2.47. The third-order valence-electron chi connectivity index (χ3n) is 3.57. The van der Waals surface area contributed by atoms with Gasteiger partial charge in [0.25, 0.3) is 0 Å². The van der Waals surface area contributed by atoms with Gasteiger partial charge in [-0.05, 0) is 12.0 Å². The first-order valence-electron chi connectivity index (χ1n) is 5.37. The number of aliphatic imine (C=N–C) groups is 1. The molecule has 0 bridgehead atoms. The Morgan fingerprint density at radius 2 is 2.36 bits per heavy atom. The van der Waals surface area contributed by atoms with Gasteiger partial charge < -0.3 is 4.74 Å². The largest absolute Gasteiger partial charge is 0.498 e. The Morgan fingerprint density at radius 3 is 3.29 bits per heavy atom. The maximum Gasteiger partial charge on any atom is 0.0960 e. The SMILES string of the molecule is C=C1CC=NC2CC3=C(CC12)OCC3. The molecule has 0 fully saturated rings. The monoisotopic (exact) mass is 189 g/mol. The van der Waals surface area contributed by atoms with Crippen molar-refractivity contribution in [1.82, 2.24) is 0 Å². The summed E-state index contributed by atoms with van der Waals surface area (Å²) >= 11 is 0. The molecule has 2 unspecified atom stereocenters. The molecule has 0 aromatic carbocycles. The molecule has 14 heavy (non-hydrogen) atoms. The first-order chi connectivity index (χ1) is 6.84. The van der Waals surface area contributed by atoms with Crippen LogP contribution < -0.4 is 0 Å². The zero-order chi connectivity index (χ0) is 9.54. The number of ether oxygens (including phenoxy) is 1. The van der Waals surface area contributed by atoms with E-state index in [-0.39, 0.29) is 0 Å². The highest BCUT2D eigenvalue weighted by Gasteiger charge is 2.35. The summed E-state index contributed by atoms with van der Waals surface area (Å²) in [7, 11) is 0. The second-order valence-corrected chi connectivity index (χ2v) is 4.40. The minimum absolute atomic E-state index is 0.469. The molecule has 0 amide bonds. The number of hydrogen-bond donors (Lipinski definition) is 0. The number of fused-ring (bicyclic) bond motifs is 1. The van der Waals surface area contributed by atoms with E-state index in [0.717, 1.165) is 32.3 Å². The van der Waals surface area contributed by atoms with Crippen LogP contribution in [0.5, 0.6) is 0 Å². The molecule has 2 nitrogen and oxygen atoms in total. The lowest BCUT2D eigenvalue weighted by Crippen LogP contribution is -2.28. The molecule has 0 spiro atoms. The maximum absolute atomic E-state index is 5.64. The number of allylic oxidation sites excluding steroid dienone is 1. The van der Waals surface area contributed by atoms with Crippen LogP contribution in [0, 0.1) is 5.92 Å². The highest BCUT2D eigenvalue weighted by Crippen LogP contribution is 2.41. The summed E-state index contributed by atoms with van der Waals surface area (Å²) < 4.78 is 5.64. The molecule has 0 radical (unpaired) electrons. The van der Waals surface area contributed by atoms with Crippen LogP contribution in [-0.4, -0.2) is 18.9 Å². The van der Waals surface area contributed by atoms with E-state index in [0.29, 0.717) is 12.0 Å². The van der Waals surface area contributed by atoms with Crippen molar-refractivity contribution in [3.8, 4) is 0 Å². The summed E-state index contributed by atoms with van der Waals surface area (Å²) in [5.74, 6) is 1.81. The average Bonchev–Trinajstić information content (AvgIpc) is 2.62. The molecular formula is C12H15NO. The standard InChI is InChI=1S/C12H15NO/c1-8-2-4-13-11-6-9-3-5-14-12(9)7-10(8)11/h4,10-11H,1-3,5-7H2. The summed E-state index contributed by atoms with van der Waals surface area (Å²) in [4.78, 5) is 4.59. The molecule has 0 saturated heterocycles. The fourth-order valence-corrected chi connectivity index (χ4v) is 2.72. The second kappa shape index (κ2) is 2.97. The van der Waals surface area contributed by atoms with E-state index in [1.807, 2.05) is 6.21 Å². The quantitative estimate of drug-likeness (QED) is 0.536. The molecule has 3 aliphatic rings. The van der Waals surface area contributed by atoms with E-state index in [2.05, 4.69) is 11.6 Å². The lowest BCUT2D eigenvalue weighted by molar-refractivity contribution is 0.217. The van der Waals surface area contributed by atoms with E-state index in [4.69, 9.17) is 4.74 Å². The van der Waals surface area contributed by atoms with Gasteiger partial charge in [0.15, 0.2) is 0 Å². The van der Waals surface area contributed by atoms with Crippen molar-refractivity contribution in [2.45, 2.75) is 31.7 Å². The first kappa shape index (κ1) is 8.27. The van der Waals surface area contributed by atoms with Crippen LogP contribution in [0.4, 0.5) is 0 Å². The van der Waals surface area contributed by atoms with Gasteiger partial charge in [-0.2, -0.15) is 0 Å². The van der Waals surface area contributed by atoms with E-state index in [1.54, 1.807) is 0 Å². The fourth-order valence-electron chi connectivity index (χ4n) is 2.72. The van der Waals surface area contributed by atoms with Crippen molar-refractivity contribution < 1.29 is 4.74 Å². The van der Waals surface area contributed by atoms with Gasteiger partial charge in [0, 0.05) is 31.4 Å². The second-order valence-electron chi connectivity index (χ2n) is 4.40. The Labute approximate surface area is 84.4 Å². The van der Waals surface area contributed by atoms with Gasteiger partial charge in [0.2, 0.25) is 0 Å². The van der Waals surface area contributed by atoms with Crippen LogP contribution in [0.2, 0.25) is 0 Å². The fraction of sp³-hybridized carbons (Fsp3) is 0.583. The molecule has 2 aliphatic heterocycles. The average molecular weight is 189 g/mol. The van der Waals surface area contributed by atoms with E-state index >= 15 is 0 Å². The van der Waals surface area contributed by atoms with E-state index in [1.165, 1.54) is 16.9 Å². The number of rotatable bonds is 0. The normalized spacial score (nSPS) is 35.3. The van der Waals surface area contributed by atoms with Crippen LogP contribution in [-0.2, 0) is 4.74 Å². The highest BCUT2D eigenvalue weighted by molar-refractivity contribution is 5.63. The van der Waals surface area contributed by atoms with Crippen LogP contribution in [0.15, 0.2) is 28.5 Å². The van der Waals surface area contributed by atoms with Crippen LogP contribution in [0.3, 0.4) is 0 Å². The van der Waals surface area contributed by atoms with Crippen molar-refractivity contribution >= 4 is 6.21 Å².